The number of quaternary nitrogens is 1. The lowest BCUT2D eigenvalue weighted by Crippen LogP contribution is -2.60. The van der Waals surface area contributed by atoms with E-state index in [1.54, 1.807) is 51.1 Å². The SMILES string of the molecule is CCNC(=O)[C@]1(Cc2ccccc2)CCCN(C(=O)C(Cc2ccc(Cl)c(Cl)c2)NC(=O)NC2CCCN(C(=O)CCCCC[NH3+])C2)C1.CCNC(=O)[C@]1(Cc2ccccc2)CCCN(C(=O)C(Cc2ccc(Cl)c(Cl)c2)NC(=O)N[C@@H]2CCCN(C(=O)CCCCCNC(=O)OC(C)(C)C)C2)C1. The molecule has 4 aromatic rings. The van der Waals surface area contributed by atoms with E-state index < -0.39 is 46.7 Å². The standard InChI is InChI=1S/C41H58Cl2N6O6.C36H50Cl2N6O4/c1-5-44-37(52)41(26-29-14-8-6-9-15-29)20-13-23-49(28-41)36(51)34(25-30-18-19-32(42)33(43)24-30)47-38(53)46-31-16-12-22-48(27-31)35(50)17-10-7-11-21-45-39(54)55-40(2,3)4;1-2-40-34(47)36(23-26-11-5-3-6-12-26)17-10-20-44(25-36)33(46)31(22-27-15-16-29(37)30(38)21-27)42-35(48)41-28-13-9-19-43(24-28)32(45)14-7-4-8-18-39/h6,8-9,14-15,18-19,24,31,34H,5,7,10-13,16-17,20-23,25-28H2,1-4H3,(H,44,52)(H,45,54)(H2,46,47,53);3,5-6,11-12,15-16,21,28,31H,2,4,7-10,13-14,17-20,22-25,39H2,1H3,(H,40,47)(H2,41,42,48)/p+1/t31-,34?,41+;28?,31?,36-/m10/s1. The van der Waals surface area contributed by atoms with E-state index in [9.17, 15) is 43.2 Å². The predicted molar refractivity (Wildman–Crippen MR) is 404 cm³/mol. The highest BCUT2D eigenvalue weighted by Crippen LogP contribution is 2.37. The number of nitrogens with one attached hydrogen (secondary N) is 7. The summed E-state index contributed by atoms with van der Waals surface area (Å²) in [6.45, 7) is 15.0. The van der Waals surface area contributed by atoms with Gasteiger partial charge in [-0.15, -0.1) is 0 Å². The monoisotopic (exact) mass is 1500 g/mol. The number of unbranched alkanes of at least 4 members (excludes halogenated alkanes) is 4. The van der Waals surface area contributed by atoms with Gasteiger partial charge in [0.2, 0.25) is 35.4 Å². The smallest absolute Gasteiger partial charge is 0.407 e. The van der Waals surface area contributed by atoms with Crippen molar-refractivity contribution in [2.75, 3.05) is 78.5 Å². The molecule has 4 heterocycles. The molecule has 4 fully saturated rings. The Morgan fingerprint density at radius 2 is 0.932 bits per heavy atom. The summed E-state index contributed by atoms with van der Waals surface area (Å²) in [5.74, 6) is -0.581. The average Bonchev–Trinajstić information content (AvgIpc) is 0.789. The van der Waals surface area contributed by atoms with Gasteiger partial charge >= 0.3 is 18.2 Å². The first-order valence-electron chi connectivity index (χ1n) is 36.9. The number of carbonyl (C=O) groups excluding carboxylic acids is 9. The first-order valence-corrected chi connectivity index (χ1v) is 38.4. The van der Waals surface area contributed by atoms with Crippen LogP contribution < -0.4 is 43.0 Å². The van der Waals surface area contributed by atoms with Crippen molar-refractivity contribution in [1.29, 1.82) is 0 Å². The van der Waals surface area contributed by atoms with E-state index in [2.05, 4.69) is 43.0 Å². The van der Waals surface area contributed by atoms with Crippen molar-refractivity contribution in [2.24, 2.45) is 10.8 Å². The number of amides is 11. The van der Waals surface area contributed by atoms with Crippen molar-refractivity contribution in [2.45, 2.75) is 193 Å². The van der Waals surface area contributed by atoms with E-state index in [0.717, 1.165) is 80.2 Å². The molecule has 0 radical (unpaired) electrons. The van der Waals surface area contributed by atoms with E-state index in [1.807, 2.05) is 100 Å². The third-order valence-corrected chi connectivity index (χ3v) is 20.8. The van der Waals surface area contributed by atoms with Crippen molar-refractivity contribution in [1.82, 2.24) is 56.8 Å². The van der Waals surface area contributed by atoms with Crippen LogP contribution in [0.4, 0.5) is 14.4 Å². The zero-order valence-corrected chi connectivity index (χ0v) is 63.8. The molecule has 0 saturated carbocycles. The van der Waals surface area contributed by atoms with Crippen LogP contribution in [0.5, 0.6) is 0 Å². The summed E-state index contributed by atoms with van der Waals surface area (Å²) < 4.78 is 5.25. The van der Waals surface area contributed by atoms with Crippen LogP contribution in [0.3, 0.4) is 0 Å². The minimum Gasteiger partial charge on any atom is -0.444 e. The summed E-state index contributed by atoms with van der Waals surface area (Å²) in [5, 5.41) is 22.2. The number of alkyl carbamates (subject to hydrolysis) is 1. The van der Waals surface area contributed by atoms with Crippen LogP contribution in [-0.2, 0) is 59.2 Å². The van der Waals surface area contributed by atoms with Gasteiger partial charge in [-0.25, -0.2) is 14.4 Å². The van der Waals surface area contributed by atoms with Crippen LogP contribution in [-0.4, -0.2) is 182 Å². The number of benzene rings is 4. The highest BCUT2D eigenvalue weighted by Gasteiger charge is 2.46. The van der Waals surface area contributed by atoms with Crippen molar-refractivity contribution in [3.63, 3.8) is 0 Å². The lowest BCUT2D eigenvalue weighted by Gasteiger charge is -2.43. The number of hydrogen-bond donors (Lipinski definition) is 8. The lowest BCUT2D eigenvalue weighted by molar-refractivity contribution is -0.368. The molecule has 4 saturated heterocycles. The molecule has 10 N–H and O–H groups in total. The Hall–Kier alpha value is -7.37. The largest absolute Gasteiger partial charge is 0.444 e. The minimum absolute atomic E-state index is 0.0240. The lowest BCUT2D eigenvalue weighted by atomic mass is 9.74. The molecule has 8 rings (SSSR count). The molecule has 26 heteroatoms. The van der Waals surface area contributed by atoms with Gasteiger partial charge in [-0.05, 0) is 177 Å². The summed E-state index contributed by atoms with van der Waals surface area (Å²) in [6.07, 6.45) is 12.3. The summed E-state index contributed by atoms with van der Waals surface area (Å²) in [4.78, 5) is 128. The summed E-state index contributed by atoms with van der Waals surface area (Å²) in [6, 6.07) is 26.6. The van der Waals surface area contributed by atoms with E-state index in [1.165, 1.54) is 0 Å². The molecular formula is C77H109Cl4N12O10+. The molecule has 4 aromatic carbocycles. The second-order valence-electron chi connectivity index (χ2n) is 28.8. The van der Waals surface area contributed by atoms with E-state index in [-0.39, 0.29) is 73.5 Å². The maximum atomic E-state index is 14.4. The summed E-state index contributed by atoms with van der Waals surface area (Å²) in [5.41, 5.74) is 5.19. The summed E-state index contributed by atoms with van der Waals surface area (Å²) in [7, 11) is 0. The number of nitrogens with zero attached hydrogens (tertiary/aromatic N) is 4. The van der Waals surface area contributed by atoms with Gasteiger partial charge in [-0.2, -0.15) is 0 Å². The maximum absolute atomic E-state index is 14.4. The molecule has 564 valence electrons. The Balaban J connectivity index is 0.000000291. The average molecular weight is 1500 g/mol. The fourth-order valence-corrected chi connectivity index (χ4v) is 14.9. The number of likely N-dealkylation sites (tertiary alicyclic amines) is 4. The molecule has 4 aliphatic rings. The molecule has 11 amide bonds. The second kappa shape index (κ2) is 41.4. The van der Waals surface area contributed by atoms with Gasteiger partial charge in [0.1, 0.15) is 17.7 Å². The van der Waals surface area contributed by atoms with E-state index in [0.29, 0.717) is 143 Å². The molecule has 0 aliphatic carbocycles. The zero-order valence-electron chi connectivity index (χ0n) is 60.8. The Bertz CT molecular complexity index is 3460. The van der Waals surface area contributed by atoms with Gasteiger partial charge in [0, 0.05) is 110 Å². The number of carbonyl (C=O) groups is 9. The van der Waals surface area contributed by atoms with E-state index >= 15 is 0 Å². The number of halogens is 4. The Labute approximate surface area is 628 Å². The molecule has 6 atom stereocenters. The molecular weight excluding hydrogens is 1390 g/mol. The number of hydrogen-bond acceptors (Lipinski definition) is 10. The molecule has 4 aliphatic heterocycles. The normalized spacial score (nSPS) is 19.6. The Morgan fingerprint density at radius 3 is 1.33 bits per heavy atom. The van der Waals surface area contributed by atoms with Crippen molar-refractivity contribution in [3.05, 3.63) is 139 Å². The third kappa shape index (κ3) is 26.6. The van der Waals surface area contributed by atoms with Crippen molar-refractivity contribution < 1.29 is 53.6 Å². The minimum atomic E-state index is -0.954. The van der Waals surface area contributed by atoms with Crippen molar-refractivity contribution >= 4 is 100 Å². The first-order chi connectivity index (χ1) is 49.3. The highest BCUT2D eigenvalue weighted by atomic mass is 35.5. The number of ether oxygens (including phenoxy) is 1. The van der Waals surface area contributed by atoms with Gasteiger partial charge < -0.3 is 67.3 Å². The molecule has 22 nitrogen and oxygen atoms in total. The highest BCUT2D eigenvalue weighted by molar-refractivity contribution is 6.42. The van der Waals surface area contributed by atoms with Crippen LogP contribution in [0.1, 0.15) is 160 Å². The van der Waals surface area contributed by atoms with Gasteiger partial charge in [-0.1, -0.05) is 126 Å². The van der Waals surface area contributed by atoms with Crippen molar-refractivity contribution in [3.8, 4) is 0 Å². The fraction of sp³-hybridized carbons (Fsp3) is 0.571. The van der Waals surface area contributed by atoms with Gasteiger partial charge in [0.05, 0.1) is 37.5 Å². The quantitative estimate of drug-likeness (QED) is 0.0238. The van der Waals surface area contributed by atoms with Gasteiger partial charge in [0.25, 0.3) is 0 Å². The number of rotatable bonds is 29. The second-order valence-corrected chi connectivity index (χ2v) is 30.5. The molecule has 0 spiro atoms. The number of piperidine rings is 4. The molecule has 103 heavy (non-hydrogen) atoms. The molecule has 3 unspecified atom stereocenters. The third-order valence-electron chi connectivity index (χ3n) is 19.3. The summed E-state index contributed by atoms with van der Waals surface area (Å²) >= 11 is 25.0. The van der Waals surface area contributed by atoms with Crippen LogP contribution in [0, 0.1) is 10.8 Å². The predicted octanol–water partition coefficient (Wildman–Crippen LogP) is 10.3. The van der Waals surface area contributed by atoms with Crippen LogP contribution in [0.2, 0.25) is 20.1 Å². The first kappa shape index (κ1) is 82.9. The Kier molecular flexibility index (Phi) is 33.3. The Morgan fingerprint density at radius 1 is 0.515 bits per heavy atom. The van der Waals surface area contributed by atoms with Crippen LogP contribution in [0.15, 0.2) is 97.1 Å². The zero-order chi connectivity index (χ0) is 74.5. The van der Waals surface area contributed by atoms with E-state index in [4.69, 9.17) is 51.1 Å². The topological polar surface area (TPSA) is 288 Å². The van der Waals surface area contributed by atoms with Crippen LogP contribution in [0.25, 0.3) is 0 Å². The van der Waals surface area contributed by atoms with Crippen LogP contribution >= 0.6 is 46.4 Å². The number of urea groups is 2. The van der Waals surface area contributed by atoms with Gasteiger partial charge in [-0.3, -0.25) is 28.8 Å². The molecule has 0 bridgehead atoms. The van der Waals surface area contributed by atoms with Gasteiger partial charge in [0.15, 0.2) is 0 Å². The molecule has 0 aromatic heterocycles. The fourth-order valence-electron chi connectivity index (χ4n) is 14.2. The maximum Gasteiger partial charge on any atom is 0.407 e.